The molecule has 0 radical (unpaired) electrons. The second kappa shape index (κ2) is 9.87. The van der Waals surface area contributed by atoms with E-state index in [1.807, 2.05) is 6.07 Å². The Bertz CT molecular complexity index is 1400. The van der Waals surface area contributed by atoms with Crippen LogP contribution in [0.5, 0.6) is 0 Å². The highest BCUT2D eigenvalue weighted by atomic mass is 32.1. The number of carbonyl (C=O) groups excluding carboxylic acids is 3. The third kappa shape index (κ3) is 4.84. The van der Waals surface area contributed by atoms with Crippen molar-refractivity contribution in [3.8, 4) is 0 Å². The number of aromatic nitrogens is 2. The van der Waals surface area contributed by atoms with Crippen molar-refractivity contribution in [2.75, 3.05) is 17.7 Å². The summed E-state index contributed by atoms with van der Waals surface area (Å²) in [6, 6.07) is 8.94. The van der Waals surface area contributed by atoms with Crippen LogP contribution in [0.2, 0.25) is 0 Å². The molecule has 0 aliphatic carbocycles. The standard InChI is InChI=1S/C23H24N4O6S/c1-12-13(2)34-20(25-14(3)28)17(12)22(31)33-11-16(29)18-19(24)27(23(32)26(4)21(18)30)10-15-8-6-5-7-9-15/h5-9H,10-11,24H2,1-4H3,(H,25,28). The molecule has 0 atom stereocenters. The molecule has 3 aromatic rings. The van der Waals surface area contributed by atoms with E-state index < -0.39 is 35.2 Å². The van der Waals surface area contributed by atoms with Crippen LogP contribution in [0.4, 0.5) is 10.8 Å². The number of hydrogen-bond donors (Lipinski definition) is 2. The van der Waals surface area contributed by atoms with Gasteiger partial charge in [-0.05, 0) is 25.0 Å². The largest absolute Gasteiger partial charge is 0.454 e. The first-order chi connectivity index (χ1) is 16.0. The monoisotopic (exact) mass is 484 g/mol. The SMILES string of the molecule is CC(=O)Nc1sc(C)c(C)c1C(=O)OCC(=O)c1c(N)n(Cc2ccccc2)c(=O)n(C)c1=O. The minimum Gasteiger partial charge on any atom is -0.454 e. The Morgan fingerprint density at radius 3 is 2.35 bits per heavy atom. The summed E-state index contributed by atoms with van der Waals surface area (Å²) in [5, 5.41) is 2.89. The number of rotatable bonds is 7. The molecule has 1 amide bonds. The zero-order valence-corrected chi connectivity index (χ0v) is 19.9. The number of ketones is 1. The Hall–Kier alpha value is -3.99. The van der Waals surface area contributed by atoms with Gasteiger partial charge < -0.3 is 15.8 Å². The highest BCUT2D eigenvalue weighted by molar-refractivity contribution is 7.16. The number of ether oxygens (including phenoxy) is 1. The number of Topliss-reactive ketones (excluding diaryl/α,β-unsaturated/α-hetero) is 1. The Kier molecular flexibility index (Phi) is 7.16. The number of esters is 1. The zero-order chi connectivity index (χ0) is 25.2. The fraction of sp³-hybridized carbons (Fsp3) is 0.261. The van der Waals surface area contributed by atoms with Crippen LogP contribution in [-0.4, -0.2) is 33.4 Å². The minimum absolute atomic E-state index is 0.0488. The number of carbonyl (C=O) groups is 3. The molecule has 0 bridgehead atoms. The van der Waals surface area contributed by atoms with Crippen LogP contribution >= 0.6 is 11.3 Å². The van der Waals surface area contributed by atoms with Crippen molar-refractivity contribution in [1.29, 1.82) is 0 Å². The average Bonchev–Trinajstić information content (AvgIpc) is 3.06. The van der Waals surface area contributed by atoms with Crippen molar-refractivity contribution in [3.63, 3.8) is 0 Å². The van der Waals surface area contributed by atoms with Crippen LogP contribution in [0.25, 0.3) is 0 Å². The van der Waals surface area contributed by atoms with Gasteiger partial charge in [-0.1, -0.05) is 30.3 Å². The Morgan fingerprint density at radius 2 is 1.74 bits per heavy atom. The van der Waals surface area contributed by atoms with Gasteiger partial charge in [0.1, 0.15) is 16.4 Å². The first kappa shape index (κ1) is 24.6. The predicted octanol–water partition coefficient (Wildman–Crippen LogP) is 1.85. The summed E-state index contributed by atoms with van der Waals surface area (Å²) < 4.78 is 7.08. The first-order valence-electron chi connectivity index (χ1n) is 10.2. The van der Waals surface area contributed by atoms with Gasteiger partial charge in [0.25, 0.3) is 5.56 Å². The van der Waals surface area contributed by atoms with Crippen molar-refractivity contribution < 1.29 is 19.1 Å². The molecular formula is C23H24N4O6S. The number of amides is 1. The van der Waals surface area contributed by atoms with Crippen LogP contribution in [0, 0.1) is 13.8 Å². The van der Waals surface area contributed by atoms with Gasteiger partial charge >= 0.3 is 11.7 Å². The molecule has 2 heterocycles. The summed E-state index contributed by atoms with van der Waals surface area (Å²) in [5.41, 5.74) is 5.57. The lowest BCUT2D eigenvalue weighted by molar-refractivity contribution is -0.114. The van der Waals surface area contributed by atoms with E-state index in [0.29, 0.717) is 10.6 Å². The number of benzene rings is 1. The lowest BCUT2D eigenvalue weighted by Crippen LogP contribution is -2.43. The van der Waals surface area contributed by atoms with E-state index in [2.05, 4.69) is 5.32 Å². The molecular weight excluding hydrogens is 460 g/mol. The Balaban J connectivity index is 1.90. The van der Waals surface area contributed by atoms with Gasteiger partial charge in [0.2, 0.25) is 11.7 Å². The Labute approximate surface area is 198 Å². The number of hydrogen-bond acceptors (Lipinski definition) is 8. The van der Waals surface area contributed by atoms with Crippen molar-refractivity contribution in [2.24, 2.45) is 7.05 Å². The lowest BCUT2D eigenvalue weighted by Gasteiger charge is -2.15. The number of thiophene rings is 1. The molecule has 0 aliphatic heterocycles. The van der Waals surface area contributed by atoms with Gasteiger partial charge in [0, 0.05) is 18.8 Å². The molecule has 3 N–H and O–H groups in total. The van der Waals surface area contributed by atoms with Gasteiger partial charge in [-0.3, -0.25) is 23.5 Å². The Morgan fingerprint density at radius 1 is 1.09 bits per heavy atom. The summed E-state index contributed by atoms with van der Waals surface area (Å²) in [6.45, 7) is 4.07. The molecule has 2 aromatic heterocycles. The second-order valence-corrected chi connectivity index (χ2v) is 8.87. The normalized spacial score (nSPS) is 10.7. The second-order valence-electron chi connectivity index (χ2n) is 7.65. The number of nitrogens with zero attached hydrogens (tertiary/aromatic N) is 2. The molecule has 1 aromatic carbocycles. The fourth-order valence-corrected chi connectivity index (χ4v) is 4.45. The molecule has 11 heteroatoms. The van der Waals surface area contributed by atoms with E-state index in [0.717, 1.165) is 19.6 Å². The first-order valence-corrected chi connectivity index (χ1v) is 11.1. The van der Waals surface area contributed by atoms with Crippen LogP contribution < -0.4 is 22.3 Å². The van der Waals surface area contributed by atoms with Crippen molar-refractivity contribution in [3.05, 3.63) is 78.3 Å². The number of anilines is 2. The van der Waals surface area contributed by atoms with Gasteiger partial charge in [-0.25, -0.2) is 9.59 Å². The molecule has 10 nitrogen and oxygen atoms in total. The topological polar surface area (TPSA) is 142 Å². The van der Waals surface area contributed by atoms with Crippen molar-refractivity contribution >= 4 is 39.8 Å². The highest BCUT2D eigenvalue weighted by Gasteiger charge is 2.26. The van der Waals surface area contributed by atoms with Gasteiger partial charge in [0.05, 0.1) is 12.1 Å². The van der Waals surface area contributed by atoms with E-state index in [-0.39, 0.29) is 23.8 Å². The van der Waals surface area contributed by atoms with Crippen molar-refractivity contribution in [1.82, 2.24) is 9.13 Å². The summed E-state index contributed by atoms with van der Waals surface area (Å²) in [5.74, 6) is -2.34. The lowest BCUT2D eigenvalue weighted by atomic mass is 10.1. The van der Waals surface area contributed by atoms with E-state index in [9.17, 15) is 24.0 Å². The van der Waals surface area contributed by atoms with E-state index >= 15 is 0 Å². The minimum atomic E-state index is -0.880. The van der Waals surface area contributed by atoms with Crippen LogP contribution in [0.3, 0.4) is 0 Å². The van der Waals surface area contributed by atoms with Gasteiger partial charge in [0.15, 0.2) is 6.61 Å². The van der Waals surface area contributed by atoms with Crippen LogP contribution in [-0.2, 0) is 23.1 Å². The summed E-state index contributed by atoms with van der Waals surface area (Å²) in [7, 11) is 1.24. The molecule has 0 unspecified atom stereocenters. The zero-order valence-electron chi connectivity index (χ0n) is 19.1. The summed E-state index contributed by atoms with van der Waals surface area (Å²) in [6.07, 6.45) is 0. The number of nitrogens with two attached hydrogens (primary N) is 1. The average molecular weight is 485 g/mol. The number of nitrogens with one attached hydrogen (secondary N) is 1. The number of nitrogen functional groups attached to an aromatic ring is 1. The number of aryl methyl sites for hydroxylation is 1. The highest BCUT2D eigenvalue weighted by Crippen LogP contribution is 2.33. The summed E-state index contributed by atoms with van der Waals surface area (Å²) in [4.78, 5) is 63.2. The van der Waals surface area contributed by atoms with Crippen LogP contribution in [0.1, 0.15) is 43.6 Å². The van der Waals surface area contributed by atoms with Gasteiger partial charge in [-0.2, -0.15) is 0 Å². The fourth-order valence-electron chi connectivity index (χ4n) is 3.36. The van der Waals surface area contributed by atoms with E-state index in [1.54, 1.807) is 38.1 Å². The maximum atomic E-state index is 12.9. The molecule has 0 fully saturated rings. The molecule has 3 rings (SSSR count). The summed E-state index contributed by atoms with van der Waals surface area (Å²) >= 11 is 1.21. The maximum Gasteiger partial charge on any atom is 0.341 e. The third-order valence-corrected chi connectivity index (χ3v) is 6.38. The molecule has 34 heavy (non-hydrogen) atoms. The molecule has 0 saturated carbocycles. The van der Waals surface area contributed by atoms with Crippen LogP contribution in [0.15, 0.2) is 39.9 Å². The predicted molar refractivity (Wildman–Crippen MR) is 129 cm³/mol. The molecule has 0 spiro atoms. The van der Waals surface area contributed by atoms with Gasteiger partial charge in [-0.15, -0.1) is 11.3 Å². The quantitative estimate of drug-likeness (QED) is 0.385. The van der Waals surface area contributed by atoms with Crippen molar-refractivity contribution in [2.45, 2.75) is 27.3 Å². The third-order valence-electron chi connectivity index (χ3n) is 5.26. The van der Waals surface area contributed by atoms with E-state index in [4.69, 9.17) is 10.5 Å². The smallest absolute Gasteiger partial charge is 0.341 e. The molecule has 0 saturated heterocycles. The maximum absolute atomic E-state index is 12.9. The molecule has 0 aliphatic rings. The van der Waals surface area contributed by atoms with E-state index in [1.165, 1.54) is 25.3 Å². The molecule has 178 valence electrons.